The molecule has 126 valence electrons. The molecule has 0 aliphatic rings. The van der Waals surface area contributed by atoms with Crippen molar-refractivity contribution in [2.45, 2.75) is 18.0 Å². The summed E-state index contributed by atoms with van der Waals surface area (Å²) in [5.41, 5.74) is 0. The van der Waals surface area contributed by atoms with Crippen LogP contribution in [0.3, 0.4) is 0 Å². The molecule has 1 amide bonds. The van der Waals surface area contributed by atoms with Gasteiger partial charge in [0, 0.05) is 0 Å². The van der Waals surface area contributed by atoms with Gasteiger partial charge in [-0.15, -0.1) is 21.5 Å². The lowest BCUT2D eigenvalue weighted by atomic mass is 10.2. The average molecular weight is 379 g/mol. The first-order chi connectivity index (χ1) is 10.5. The zero-order chi connectivity index (χ0) is 17.5. The van der Waals surface area contributed by atoms with Gasteiger partial charge in [-0.05, 0) is 11.4 Å². The van der Waals surface area contributed by atoms with E-state index in [4.69, 9.17) is 0 Å². The van der Waals surface area contributed by atoms with Crippen molar-refractivity contribution < 1.29 is 35.5 Å². The third-order valence-electron chi connectivity index (χ3n) is 2.41. The largest absolute Gasteiger partial charge is 0.460 e. The molecule has 0 saturated carbocycles. The van der Waals surface area contributed by atoms with E-state index in [-0.39, 0.29) is 16.2 Å². The van der Waals surface area contributed by atoms with Gasteiger partial charge in [-0.1, -0.05) is 17.4 Å². The van der Waals surface area contributed by atoms with Gasteiger partial charge in [0.25, 0.3) is 5.91 Å². The molecule has 0 unspecified atom stereocenters. The number of aromatic nitrogens is 2. The van der Waals surface area contributed by atoms with Crippen LogP contribution >= 0.6 is 22.7 Å². The van der Waals surface area contributed by atoms with Crippen molar-refractivity contribution in [3.05, 3.63) is 27.4 Å². The van der Waals surface area contributed by atoms with E-state index in [2.05, 4.69) is 10.2 Å². The molecule has 0 spiro atoms. The van der Waals surface area contributed by atoms with E-state index >= 15 is 0 Å². The molecule has 0 fully saturated rings. The highest BCUT2D eigenvalue weighted by atomic mass is 32.1. The monoisotopic (exact) mass is 379 g/mol. The second kappa shape index (κ2) is 5.70. The maximum Gasteiger partial charge on any atom is 0.460 e. The van der Waals surface area contributed by atoms with Crippen LogP contribution in [0, 0.1) is 0 Å². The normalized spacial score (nSPS) is 13.2. The first-order valence-corrected chi connectivity index (χ1v) is 7.17. The van der Waals surface area contributed by atoms with E-state index in [9.17, 15) is 35.5 Å². The second-order valence-electron chi connectivity index (χ2n) is 3.99. The first kappa shape index (κ1) is 17.6. The minimum absolute atomic E-state index is 0.161. The van der Waals surface area contributed by atoms with Crippen molar-refractivity contribution in [3.8, 4) is 0 Å². The Morgan fingerprint density at radius 2 is 1.74 bits per heavy atom. The van der Waals surface area contributed by atoms with Crippen LogP contribution in [0.25, 0.3) is 0 Å². The van der Waals surface area contributed by atoms with Gasteiger partial charge in [-0.2, -0.15) is 30.7 Å². The van der Waals surface area contributed by atoms with Crippen LogP contribution in [-0.4, -0.2) is 28.2 Å². The predicted octanol–water partition coefficient (Wildman–Crippen LogP) is 4.14. The summed E-state index contributed by atoms with van der Waals surface area (Å²) in [7, 11) is 0. The summed E-state index contributed by atoms with van der Waals surface area (Å²) in [6.45, 7) is 0. The van der Waals surface area contributed by atoms with Crippen molar-refractivity contribution >= 4 is 33.7 Å². The van der Waals surface area contributed by atoms with Crippen LogP contribution in [0.5, 0.6) is 0 Å². The van der Waals surface area contributed by atoms with E-state index in [0.717, 1.165) is 11.3 Å². The van der Waals surface area contributed by atoms with Crippen LogP contribution in [0.4, 0.5) is 35.9 Å². The van der Waals surface area contributed by atoms with Crippen LogP contribution < -0.4 is 5.32 Å². The molecule has 0 saturated heterocycles. The van der Waals surface area contributed by atoms with E-state index in [0.29, 0.717) is 0 Å². The number of carbonyl (C=O) groups excluding carboxylic acids is 1. The Bertz CT molecular complexity index is 696. The third kappa shape index (κ3) is 3.15. The van der Waals surface area contributed by atoms with Crippen molar-refractivity contribution in [1.29, 1.82) is 0 Å². The molecule has 0 aliphatic carbocycles. The second-order valence-corrected chi connectivity index (χ2v) is 5.92. The summed E-state index contributed by atoms with van der Waals surface area (Å²) in [4.78, 5) is 11.8. The van der Waals surface area contributed by atoms with Gasteiger partial charge in [-0.25, -0.2) is 0 Å². The third-order valence-corrected chi connectivity index (χ3v) is 4.19. The Hall–Kier alpha value is -1.76. The first-order valence-electron chi connectivity index (χ1n) is 5.48. The number of hydrogen-bond donors (Lipinski definition) is 1. The molecule has 2 aromatic rings. The van der Waals surface area contributed by atoms with Crippen LogP contribution in [0.1, 0.15) is 14.7 Å². The smallest absolute Gasteiger partial charge is 0.296 e. The summed E-state index contributed by atoms with van der Waals surface area (Å²) < 4.78 is 88.7. The van der Waals surface area contributed by atoms with E-state index in [1.165, 1.54) is 12.1 Å². The number of hydrogen-bond acceptors (Lipinski definition) is 5. The zero-order valence-corrected chi connectivity index (χ0v) is 12.1. The number of thiophene rings is 1. The summed E-state index contributed by atoms with van der Waals surface area (Å²) in [6, 6.07) is 2.90. The Kier molecular flexibility index (Phi) is 4.36. The minimum Gasteiger partial charge on any atom is -0.296 e. The number of halogens is 7. The fourth-order valence-corrected chi connectivity index (χ4v) is 2.64. The number of nitrogens with one attached hydrogen (secondary N) is 1. The highest BCUT2D eigenvalue weighted by Crippen LogP contribution is 2.52. The van der Waals surface area contributed by atoms with E-state index < -0.39 is 34.1 Å². The molecule has 0 radical (unpaired) electrons. The van der Waals surface area contributed by atoms with Gasteiger partial charge in [0.05, 0.1) is 4.88 Å². The molecule has 0 bridgehead atoms. The van der Waals surface area contributed by atoms with Crippen molar-refractivity contribution in [2.75, 3.05) is 5.32 Å². The fraction of sp³-hybridized carbons (Fsp3) is 0.300. The topological polar surface area (TPSA) is 54.9 Å². The molecule has 4 nitrogen and oxygen atoms in total. The predicted molar refractivity (Wildman–Crippen MR) is 67.1 cm³/mol. The molecule has 2 heterocycles. The Balaban J connectivity index is 2.23. The van der Waals surface area contributed by atoms with Gasteiger partial charge < -0.3 is 0 Å². The summed E-state index contributed by atoms with van der Waals surface area (Å²) in [5.74, 6) is -12.7. The number of carbonyl (C=O) groups is 1. The maximum atomic E-state index is 13.4. The number of nitrogens with zero attached hydrogens (tertiary/aromatic N) is 2. The minimum atomic E-state index is -6.47. The molecule has 1 N–H and O–H groups in total. The number of rotatable bonds is 4. The molecular formula is C10H4F7N3OS2. The maximum absolute atomic E-state index is 13.4. The number of amides is 1. The number of alkyl halides is 7. The Morgan fingerprint density at radius 1 is 1.09 bits per heavy atom. The molecule has 2 rings (SSSR count). The SMILES string of the molecule is O=C(Nc1nnc(C(F)(F)C(F)(F)C(F)(F)F)s1)c1cccs1. The highest BCUT2D eigenvalue weighted by Gasteiger charge is 2.75. The fourth-order valence-electron chi connectivity index (χ4n) is 1.28. The lowest BCUT2D eigenvalue weighted by Crippen LogP contribution is -2.50. The quantitative estimate of drug-likeness (QED) is 0.813. The molecule has 0 atom stereocenters. The Morgan fingerprint density at radius 3 is 2.26 bits per heavy atom. The summed E-state index contributed by atoms with van der Waals surface area (Å²) in [5, 5.41) is 6.65. The summed E-state index contributed by atoms with van der Waals surface area (Å²) >= 11 is 0.727. The summed E-state index contributed by atoms with van der Waals surface area (Å²) in [6.07, 6.45) is -6.47. The van der Waals surface area contributed by atoms with Crippen LogP contribution in [0.15, 0.2) is 17.5 Å². The highest BCUT2D eigenvalue weighted by molar-refractivity contribution is 7.16. The van der Waals surface area contributed by atoms with Crippen molar-refractivity contribution in [3.63, 3.8) is 0 Å². The van der Waals surface area contributed by atoms with Crippen molar-refractivity contribution in [1.82, 2.24) is 10.2 Å². The number of anilines is 1. The van der Waals surface area contributed by atoms with Crippen LogP contribution in [-0.2, 0) is 5.92 Å². The van der Waals surface area contributed by atoms with Gasteiger partial charge in [-0.3, -0.25) is 10.1 Å². The molecule has 13 heteroatoms. The van der Waals surface area contributed by atoms with Gasteiger partial charge in [0.1, 0.15) is 0 Å². The van der Waals surface area contributed by atoms with Gasteiger partial charge >= 0.3 is 18.0 Å². The molecule has 23 heavy (non-hydrogen) atoms. The molecule has 0 aromatic carbocycles. The van der Waals surface area contributed by atoms with E-state index in [1.807, 2.05) is 5.32 Å². The lowest BCUT2D eigenvalue weighted by Gasteiger charge is -2.25. The molecule has 0 aliphatic heterocycles. The molecular weight excluding hydrogens is 375 g/mol. The lowest BCUT2D eigenvalue weighted by molar-refractivity contribution is -0.359. The van der Waals surface area contributed by atoms with Gasteiger partial charge in [0.2, 0.25) is 5.13 Å². The zero-order valence-electron chi connectivity index (χ0n) is 10.5. The average Bonchev–Trinajstić information content (AvgIpc) is 3.08. The molecule has 2 aromatic heterocycles. The van der Waals surface area contributed by atoms with E-state index in [1.54, 1.807) is 5.38 Å². The van der Waals surface area contributed by atoms with Crippen molar-refractivity contribution in [2.24, 2.45) is 0 Å². The Labute approximate surface area is 131 Å². The van der Waals surface area contributed by atoms with Gasteiger partial charge in [0.15, 0.2) is 5.01 Å². The van der Waals surface area contributed by atoms with Crippen LogP contribution in [0.2, 0.25) is 0 Å². The standard InChI is InChI=1S/C10H4F7N3OS2/c11-8(12,9(13,14)10(15,16)17)6-19-20-7(23-6)18-5(21)4-2-1-3-22-4/h1-3H,(H,18,20,21).